The molecule has 2 unspecified atom stereocenters. The second-order valence-electron chi connectivity index (χ2n) is 5.20. The van der Waals surface area contributed by atoms with E-state index in [0.29, 0.717) is 6.04 Å². The predicted octanol–water partition coefficient (Wildman–Crippen LogP) is 3.49. The third-order valence-electron chi connectivity index (χ3n) is 3.79. The second-order valence-corrected chi connectivity index (χ2v) is 6.23. The molecular formula is C16H23N3S. The van der Waals surface area contributed by atoms with Crippen LogP contribution in [0.3, 0.4) is 0 Å². The molecule has 0 bridgehead atoms. The number of thiophene rings is 1. The quantitative estimate of drug-likeness (QED) is 0.882. The largest absolute Gasteiger partial charge is 0.370 e. The molecule has 2 atom stereocenters. The number of anilines is 1. The lowest BCUT2D eigenvalue weighted by Crippen LogP contribution is -2.30. The zero-order chi connectivity index (χ0) is 14.5. The van der Waals surface area contributed by atoms with E-state index in [2.05, 4.69) is 65.7 Å². The molecule has 2 aromatic heterocycles. The summed E-state index contributed by atoms with van der Waals surface area (Å²) in [5.74, 6) is 0. The summed E-state index contributed by atoms with van der Waals surface area (Å²) in [7, 11) is 4.09. The summed E-state index contributed by atoms with van der Waals surface area (Å²) in [4.78, 5) is 8.27. The molecule has 0 aliphatic heterocycles. The number of aromatic nitrogens is 1. The van der Waals surface area contributed by atoms with Crippen molar-refractivity contribution in [3.8, 4) is 0 Å². The van der Waals surface area contributed by atoms with Gasteiger partial charge in [0.1, 0.15) is 0 Å². The third kappa shape index (κ3) is 3.58. The Labute approximate surface area is 125 Å². The summed E-state index contributed by atoms with van der Waals surface area (Å²) in [5, 5.41) is 5.34. The van der Waals surface area contributed by atoms with Gasteiger partial charge < -0.3 is 10.2 Å². The molecule has 3 nitrogen and oxygen atoms in total. The molecule has 0 saturated heterocycles. The van der Waals surface area contributed by atoms with E-state index in [-0.39, 0.29) is 6.04 Å². The van der Waals surface area contributed by atoms with Crippen LogP contribution in [-0.2, 0) is 6.42 Å². The van der Waals surface area contributed by atoms with E-state index >= 15 is 0 Å². The number of likely N-dealkylation sites (N-methyl/N-ethyl adjacent to an activating group) is 1. The van der Waals surface area contributed by atoms with Crippen LogP contribution >= 0.6 is 11.3 Å². The highest BCUT2D eigenvalue weighted by atomic mass is 32.1. The Morgan fingerprint density at radius 3 is 2.65 bits per heavy atom. The average Bonchev–Trinajstić information content (AvgIpc) is 2.98. The molecule has 0 aliphatic carbocycles. The fourth-order valence-corrected chi connectivity index (χ4v) is 2.95. The SMILES string of the molecule is CNC(C)c1ccc(N(C)C(C)Cc2cccs2)cn1. The smallest absolute Gasteiger partial charge is 0.0571 e. The zero-order valence-corrected chi connectivity index (χ0v) is 13.4. The number of rotatable bonds is 6. The Morgan fingerprint density at radius 2 is 2.10 bits per heavy atom. The van der Waals surface area contributed by atoms with Crippen LogP contribution in [0.4, 0.5) is 5.69 Å². The van der Waals surface area contributed by atoms with Crippen molar-refractivity contribution in [2.75, 3.05) is 19.0 Å². The lowest BCUT2D eigenvalue weighted by Gasteiger charge is -2.26. The van der Waals surface area contributed by atoms with Crippen molar-refractivity contribution >= 4 is 17.0 Å². The van der Waals surface area contributed by atoms with Crippen molar-refractivity contribution in [2.24, 2.45) is 0 Å². The van der Waals surface area contributed by atoms with Gasteiger partial charge in [0.2, 0.25) is 0 Å². The van der Waals surface area contributed by atoms with Crippen molar-refractivity contribution in [3.05, 3.63) is 46.4 Å². The highest BCUT2D eigenvalue weighted by molar-refractivity contribution is 7.09. The molecule has 0 radical (unpaired) electrons. The first-order valence-electron chi connectivity index (χ1n) is 7.00. The Morgan fingerprint density at radius 1 is 1.30 bits per heavy atom. The monoisotopic (exact) mass is 289 g/mol. The molecule has 2 rings (SSSR count). The molecule has 0 amide bonds. The van der Waals surface area contributed by atoms with Crippen molar-refractivity contribution in [1.82, 2.24) is 10.3 Å². The summed E-state index contributed by atoms with van der Waals surface area (Å²) >= 11 is 1.82. The molecule has 0 saturated carbocycles. The van der Waals surface area contributed by atoms with Crippen molar-refractivity contribution < 1.29 is 0 Å². The van der Waals surface area contributed by atoms with Crippen LogP contribution in [0.2, 0.25) is 0 Å². The molecule has 0 spiro atoms. The molecule has 108 valence electrons. The van der Waals surface area contributed by atoms with Crippen molar-refractivity contribution in [3.63, 3.8) is 0 Å². The van der Waals surface area contributed by atoms with Crippen LogP contribution in [0, 0.1) is 0 Å². The van der Waals surface area contributed by atoms with Gasteiger partial charge in [-0.05, 0) is 44.5 Å². The minimum Gasteiger partial charge on any atom is -0.370 e. The molecule has 0 aliphatic rings. The van der Waals surface area contributed by atoms with Gasteiger partial charge >= 0.3 is 0 Å². The van der Waals surface area contributed by atoms with Gasteiger partial charge in [0.15, 0.2) is 0 Å². The van der Waals surface area contributed by atoms with E-state index in [1.54, 1.807) is 0 Å². The number of pyridine rings is 1. The van der Waals surface area contributed by atoms with Crippen LogP contribution < -0.4 is 10.2 Å². The normalized spacial score (nSPS) is 14.0. The van der Waals surface area contributed by atoms with Crippen LogP contribution in [-0.4, -0.2) is 25.1 Å². The third-order valence-corrected chi connectivity index (χ3v) is 4.69. The molecule has 0 fully saturated rings. The van der Waals surface area contributed by atoms with Gasteiger partial charge in [-0.2, -0.15) is 0 Å². The second kappa shape index (κ2) is 6.86. The number of hydrogen-bond acceptors (Lipinski definition) is 4. The summed E-state index contributed by atoms with van der Waals surface area (Å²) in [5.41, 5.74) is 2.25. The lowest BCUT2D eigenvalue weighted by molar-refractivity contribution is 0.631. The maximum Gasteiger partial charge on any atom is 0.0571 e. The van der Waals surface area contributed by atoms with Crippen LogP contribution in [0.1, 0.15) is 30.5 Å². The van der Waals surface area contributed by atoms with Gasteiger partial charge in [0.05, 0.1) is 17.6 Å². The van der Waals surface area contributed by atoms with Gasteiger partial charge in [-0.25, -0.2) is 0 Å². The highest BCUT2D eigenvalue weighted by Gasteiger charge is 2.12. The van der Waals surface area contributed by atoms with Gasteiger partial charge in [0, 0.05) is 30.4 Å². The summed E-state index contributed by atoms with van der Waals surface area (Å²) in [6, 6.07) is 9.32. The molecule has 0 aromatic carbocycles. The number of nitrogens with zero attached hydrogens (tertiary/aromatic N) is 2. The van der Waals surface area contributed by atoms with E-state index in [9.17, 15) is 0 Å². The molecule has 20 heavy (non-hydrogen) atoms. The Bertz CT molecular complexity index is 507. The Balaban J connectivity index is 2.02. The fraction of sp³-hybridized carbons (Fsp3) is 0.438. The minimum atomic E-state index is 0.290. The fourth-order valence-electron chi connectivity index (χ4n) is 2.12. The standard InChI is InChI=1S/C16H23N3S/c1-12(10-15-6-5-9-20-15)19(4)14-7-8-16(18-11-14)13(2)17-3/h5-9,11-13,17H,10H2,1-4H3. The van der Waals surface area contributed by atoms with Crippen LogP contribution in [0.15, 0.2) is 35.8 Å². The van der Waals surface area contributed by atoms with E-state index in [1.165, 1.54) is 10.6 Å². The van der Waals surface area contributed by atoms with Crippen LogP contribution in [0.5, 0.6) is 0 Å². The molecular weight excluding hydrogens is 266 g/mol. The molecule has 4 heteroatoms. The first-order valence-corrected chi connectivity index (χ1v) is 7.88. The maximum atomic E-state index is 4.55. The number of hydrogen-bond donors (Lipinski definition) is 1. The Hall–Kier alpha value is -1.39. The van der Waals surface area contributed by atoms with E-state index in [1.807, 2.05) is 24.6 Å². The highest BCUT2D eigenvalue weighted by Crippen LogP contribution is 2.20. The summed E-state index contributed by atoms with van der Waals surface area (Å²) in [6.45, 7) is 4.37. The number of nitrogens with one attached hydrogen (secondary N) is 1. The molecule has 1 N–H and O–H groups in total. The van der Waals surface area contributed by atoms with E-state index < -0.39 is 0 Å². The minimum absolute atomic E-state index is 0.290. The van der Waals surface area contributed by atoms with E-state index in [0.717, 1.165) is 12.1 Å². The summed E-state index contributed by atoms with van der Waals surface area (Å²) in [6.07, 6.45) is 3.04. The van der Waals surface area contributed by atoms with Crippen molar-refractivity contribution in [1.29, 1.82) is 0 Å². The van der Waals surface area contributed by atoms with Gasteiger partial charge in [0.25, 0.3) is 0 Å². The Kier molecular flexibility index (Phi) is 5.15. The topological polar surface area (TPSA) is 28.2 Å². The molecule has 2 aromatic rings. The van der Waals surface area contributed by atoms with Gasteiger partial charge in [-0.15, -0.1) is 11.3 Å². The predicted molar refractivity (Wildman–Crippen MR) is 87.6 cm³/mol. The first kappa shape index (κ1) is 15.0. The molecule has 2 heterocycles. The van der Waals surface area contributed by atoms with E-state index in [4.69, 9.17) is 0 Å². The van der Waals surface area contributed by atoms with Gasteiger partial charge in [-0.1, -0.05) is 6.07 Å². The van der Waals surface area contributed by atoms with Crippen LogP contribution in [0.25, 0.3) is 0 Å². The first-order chi connectivity index (χ1) is 9.61. The average molecular weight is 289 g/mol. The van der Waals surface area contributed by atoms with Gasteiger partial charge in [-0.3, -0.25) is 4.98 Å². The zero-order valence-electron chi connectivity index (χ0n) is 12.6. The maximum absolute atomic E-state index is 4.55. The summed E-state index contributed by atoms with van der Waals surface area (Å²) < 4.78 is 0. The lowest BCUT2D eigenvalue weighted by atomic mass is 10.1. The van der Waals surface area contributed by atoms with Crippen molar-refractivity contribution in [2.45, 2.75) is 32.4 Å².